The van der Waals surface area contributed by atoms with Crippen LogP contribution < -0.4 is 10.6 Å². The molecule has 5 aliphatic rings. The summed E-state index contributed by atoms with van der Waals surface area (Å²) >= 11 is 0. The molecule has 2 aliphatic heterocycles. The van der Waals surface area contributed by atoms with E-state index in [0.29, 0.717) is 12.3 Å². The average Bonchev–Trinajstić information content (AvgIpc) is 3.19. The number of piperazine rings is 1. The molecule has 3 fully saturated rings. The summed E-state index contributed by atoms with van der Waals surface area (Å²) in [5.74, 6) is 0.772. The summed E-state index contributed by atoms with van der Waals surface area (Å²) in [6.07, 6.45) is 9.37. The van der Waals surface area contributed by atoms with Crippen molar-refractivity contribution in [3.63, 3.8) is 0 Å². The van der Waals surface area contributed by atoms with Gasteiger partial charge in [-0.2, -0.15) is 0 Å². The Labute approximate surface area is 233 Å². The van der Waals surface area contributed by atoms with E-state index in [0.717, 1.165) is 37.8 Å². The summed E-state index contributed by atoms with van der Waals surface area (Å²) in [5.41, 5.74) is 3.57. The van der Waals surface area contributed by atoms with Crippen LogP contribution in [0.2, 0.25) is 0 Å². The van der Waals surface area contributed by atoms with E-state index in [2.05, 4.69) is 61.7 Å². The monoisotopic (exact) mass is 531 g/mol. The maximum Gasteiger partial charge on any atom is 0.245 e. The van der Waals surface area contributed by atoms with Gasteiger partial charge >= 0.3 is 0 Å². The van der Waals surface area contributed by atoms with Gasteiger partial charge in [0.1, 0.15) is 18.4 Å². The number of nitrogens with one attached hydrogen (secondary N) is 2. The van der Waals surface area contributed by atoms with Gasteiger partial charge in [0.25, 0.3) is 0 Å². The average molecular weight is 532 g/mol. The van der Waals surface area contributed by atoms with Crippen molar-refractivity contribution in [3.8, 4) is 0 Å². The highest BCUT2D eigenvalue weighted by atomic mass is 16.2. The summed E-state index contributed by atoms with van der Waals surface area (Å²) in [4.78, 5) is 41.2. The SMILES string of the molecule is CC(C)[C@H]1C(=O)N[C@@H](C[C@]23C[C@H]4C(=C[C@H]2Nc2ccccc23)CC[C@H]2C(C)(C)CCC(C=O)[C@]42C)C(=O)N1C. The lowest BCUT2D eigenvalue weighted by Crippen LogP contribution is -2.65. The maximum absolute atomic E-state index is 13.7. The minimum absolute atomic E-state index is 0.00196. The van der Waals surface area contributed by atoms with Gasteiger partial charge in [-0.15, -0.1) is 0 Å². The molecule has 39 heavy (non-hydrogen) atoms. The number of carbonyl (C=O) groups is 3. The molecule has 1 unspecified atom stereocenters. The van der Waals surface area contributed by atoms with E-state index in [1.807, 2.05) is 13.8 Å². The van der Waals surface area contributed by atoms with E-state index in [4.69, 9.17) is 0 Å². The normalized spacial score (nSPS) is 40.5. The number of hydrogen-bond acceptors (Lipinski definition) is 4. The Hall–Kier alpha value is -2.63. The predicted molar refractivity (Wildman–Crippen MR) is 153 cm³/mol. The van der Waals surface area contributed by atoms with Crippen molar-refractivity contribution in [2.75, 3.05) is 12.4 Å². The van der Waals surface area contributed by atoms with Crippen LogP contribution in [0.4, 0.5) is 5.69 Å². The highest BCUT2D eigenvalue weighted by Crippen LogP contribution is 2.67. The third-order valence-electron chi connectivity index (χ3n) is 11.8. The standard InChI is InChI=1S/C33H45N3O3/c1-19(2)28-29(38)35-25(30(39)36(28)6)17-33-16-23-20(15-27(33)34-24-10-8-7-9-22(24)33)11-12-26-31(3,4)14-13-21(18-37)32(23,26)5/h7-10,15,18-19,21,23,25-28,34H,11-14,16-17H2,1-6H3,(H,35,38)/t21?,23-,25-,26-,27+,28-,32+,33-/m0/s1. The van der Waals surface area contributed by atoms with Crippen molar-refractivity contribution in [2.45, 2.75) is 96.7 Å². The maximum atomic E-state index is 13.7. The molecule has 3 aliphatic carbocycles. The number of aldehydes is 1. The lowest BCUT2D eigenvalue weighted by atomic mass is 9.41. The molecule has 0 spiro atoms. The van der Waals surface area contributed by atoms with Crippen LogP contribution in [0, 0.1) is 34.5 Å². The number of fused-ring (bicyclic) bond motifs is 6. The molecule has 0 aromatic heterocycles. The van der Waals surface area contributed by atoms with Crippen LogP contribution in [0.3, 0.4) is 0 Å². The van der Waals surface area contributed by atoms with E-state index in [1.54, 1.807) is 11.9 Å². The molecular formula is C33H45N3O3. The molecule has 2 N–H and O–H groups in total. The molecule has 1 saturated heterocycles. The molecule has 6 nitrogen and oxygen atoms in total. The number of para-hydroxylation sites is 1. The number of allylic oxidation sites excluding steroid dienone is 1. The van der Waals surface area contributed by atoms with Gasteiger partial charge in [-0.1, -0.05) is 64.5 Å². The van der Waals surface area contributed by atoms with Gasteiger partial charge in [-0.05, 0) is 78.7 Å². The van der Waals surface area contributed by atoms with E-state index in [1.165, 1.54) is 17.4 Å². The van der Waals surface area contributed by atoms with Gasteiger partial charge in [0.2, 0.25) is 11.8 Å². The minimum Gasteiger partial charge on any atom is -0.378 e. The van der Waals surface area contributed by atoms with Crippen LogP contribution in [-0.2, 0) is 19.8 Å². The van der Waals surface area contributed by atoms with Crippen molar-refractivity contribution in [2.24, 2.45) is 34.5 Å². The highest BCUT2D eigenvalue weighted by Gasteiger charge is 2.62. The number of likely N-dealkylation sites (N-methyl/N-ethyl adjacent to an activating group) is 1. The molecule has 2 amide bonds. The number of rotatable bonds is 4. The first kappa shape index (κ1) is 26.6. The topological polar surface area (TPSA) is 78.5 Å². The summed E-state index contributed by atoms with van der Waals surface area (Å²) in [6, 6.07) is 7.56. The zero-order valence-electron chi connectivity index (χ0n) is 24.4. The van der Waals surface area contributed by atoms with Crippen molar-refractivity contribution in [3.05, 3.63) is 41.5 Å². The zero-order chi connectivity index (χ0) is 27.9. The van der Waals surface area contributed by atoms with Crippen LogP contribution in [0.25, 0.3) is 0 Å². The number of anilines is 1. The fraction of sp³-hybridized carbons (Fsp3) is 0.667. The van der Waals surface area contributed by atoms with E-state index >= 15 is 0 Å². The Kier molecular flexibility index (Phi) is 6.09. The van der Waals surface area contributed by atoms with E-state index in [-0.39, 0.29) is 51.9 Å². The van der Waals surface area contributed by atoms with Gasteiger partial charge in [0.15, 0.2) is 0 Å². The van der Waals surface area contributed by atoms with E-state index in [9.17, 15) is 14.4 Å². The first-order valence-corrected chi connectivity index (χ1v) is 15.0. The molecule has 1 aromatic carbocycles. The number of hydrogen-bond donors (Lipinski definition) is 2. The molecule has 2 heterocycles. The summed E-state index contributed by atoms with van der Waals surface area (Å²) in [5, 5.41) is 6.96. The summed E-state index contributed by atoms with van der Waals surface area (Å²) < 4.78 is 0. The summed E-state index contributed by atoms with van der Waals surface area (Å²) in [7, 11) is 1.78. The zero-order valence-corrected chi connectivity index (χ0v) is 24.4. The Balaban J connectivity index is 1.44. The lowest BCUT2D eigenvalue weighted by molar-refractivity contribution is -0.150. The van der Waals surface area contributed by atoms with Crippen LogP contribution >= 0.6 is 0 Å². The quantitative estimate of drug-likeness (QED) is 0.419. The largest absolute Gasteiger partial charge is 0.378 e. The molecule has 0 bridgehead atoms. The fourth-order valence-corrected chi connectivity index (χ4v) is 9.95. The lowest BCUT2D eigenvalue weighted by Gasteiger charge is -2.63. The van der Waals surface area contributed by atoms with Crippen molar-refractivity contribution in [1.82, 2.24) is 10.2 Å². The first-order chi connectivity index (χ1) is 18.4. The minimum atomic E-state index is -0.570. The van der Waals surface area contributed by atoms with Gasteiger partial charge in [0.05, 0.1) is 6.04 Å². The molecule has 0 radical (unpaired) electrons. The second-order valence-corrected chi connectivity index (χ2v) is 14.5. The second-order valence-electron chi connectivity index (χ2n) is 14.5. The van der Waals surface area contributed by atoms with Gasteiger partial charge in [0, 0.05) is 24.1 Å². The smallest absolute Gasteiger partial charge is 0.245 e. The van der Waals surface area contributed by atoms with Crippen LogP contribution in [-0.4, -0.2) is 48.2 Å². The van der Waals surface area contributed by atoms with Crippen LogP contribution in [0.5, 0.6) is 0 Å². The second kappa shape index (κ2) is 8.94. The van der Waals surface area contributed by atoms with Crippen molar-refractivity contribution >= 4 is 23.8 Å². The third-order valence-corrected chi connectivity index (χ3v) is 11.8. The van der Waals surface area contributed by atoms with E-state index < -0.39 is 12.1 Å². The number of nitrogens with zero attached hydrogens (tertiary/aromatic N) is 1. The third kappa shape index (κ3) is 3.69. The number of benzene rings is 1. The van der Waals surface area contributed by atoms with Gasteiger partial charge in [-0.3, -0.25) is 9.59 Å². The van der Waals surface area contributed by atoms with Crippen LogP contribution in [0.15, 0.2) is 35.9 Å². The van der Waals surface area contributed by atoms with Crippen LogP contribution in [0.1, 0.15) is 78.7 Å². The van der Waals surface area contributed by atoms with Gasteiger partial charge < -0.3 is 20.3 Å². The molecule has 6 rings (SSSR count). The molecule has 6 heteroatoms. The first-order valence-electron chi connectivity index (χ1n) is 15.0. The van der Waals surface area contributed by atoms with Crippen molar-refractivity contribution < 1.29 is 14.4 Å². The molecular weight excluding hydrogens is 486 g/mol. The molecule has 8 atom stereocenters. The van der Waals surface area contributed by atoms with Crippen molar-refractivity contribution in [1.29, 1.82) is 0 Å². The highest BCUT2D eigenvalue weighted by molar-refractivity contribution is 5.97. The fourth-order valence-electron chi connectivity index (χ4n) is 9.95. The Bertz CT molecular complexity index is 1240. The Morgan fingerprint density at radius 2 is 1.85 bits per heavy atom. The Morgan fingerprint density at radius 3 is 2.56 bits per heavy atom. The molecule has 210 valence electrons. The molecule has 2 saturated carbocycles. The Morgan fingerprint density at radius 1 is 1.10 bits per heavy atom. The number of carbonyl (C=O) groups excluding carboxylic acids is 3. The number of amides is 2. The predicted octanol–water partition coefficient (Wildman–Crippen LogP) is 5.09. The van der Waals surface area contributed by atoms with Gasteiger partial charge in [-0.25, -0.2) is 0 Å². The molecule has 1 aromatic rings. The summed E-state index contributed by atoms with van der Waals surface area (Å²) in [6.45, 7) is 11.2.